The maximum Gasteiger partial charge on any atom is 0.191 e. The van der Waals surface area contributed by atoms with Gasteiger partial charge in [0.15, 0.2) is 5.96 Å². The minimum Gasteiger partial charge on any atom is -0.469 e. The van der Waals surface area contributed by atoms with Crippen LogP contribution < -0.4 is 10.6 Å². The molecule has 0 aliphatic carbocycles. The lowest BCUT2D eigenvalue weighted by Crippen LogP contribution is -2.47. The van der Waals surface area contributed by atoms with Gasteiger partial charge in [-0.2, -0.15) is 5.10 Å². The fraction of sp³-hybridized carbons (Fsp3) is 0.562. The molecule has 1 aliphatic heterocycles. The highest BCUT2D eigenvalue weighted by atomic mass is 16.3. The summed E-state index contributed by atoms with van der Waals surface area (Å²) in [5.41, 5.74) is 0. The highest BCUT2D eigenvalue weighted by molar-refractivity contribution is 5.80. The third-order valence-corrected chi connectivity index (χ3v) is 3.86. The quantitative estimate of drug-likeness (QED) is 0.642. The van der Waals surface area contributed by atoms with Crippen LogP contribution >= 0.6 is 0 Å². The molecule has 3 heterocycles. The molecule has 0 aromatic carbocycles. The van der Waals surface area contributed by atoms with Crippen molar-refractivity contribution in [1.82, 2.24) is 25.4 Å². The molecule has 124 valence electrons. The van der Waals surface area contributed by atoms with Crippen molar-refractivity contribution in [3.63, 3.8) is 0 Å². The standard InChI is InChI=1S/C16H24N6O/c1-3-17-16(18-9-8-14-5-4-10-23-14)20-13-6-7-15-19-12(2)21-22(15)11-13/h4-5,10,13H,3,6-9,11H2,1-2H3,(H2,17,18,20). The fourth-order valence-corrected chi connectivity index (χ4v) is 2.80. The molecule has 1 unspecified atom stereocenters. The molecule has 23 heavy (non-hydrogen) atoms. The molecule has 0 saturated heterocycles. The van der Waals surface area contributed by atoms with Crippen LogP contribution in [-0.4, -0.2) is 39.9 Å². The summed E-state index contributed by atoms with van der Waals surface area (Å²) < 4.78 is 7.34. The second-order valence-electron chi connectivity index (χ2n) is 5.73. The van der Waals surface area contributed by atoms with E-state index in [2.05, 4.69) is 32.6 Å². The van der Waals surface area contributed by atoms with Crippen LogP contribution in [0.4, 0.5) is 0 Å². The third-order valence-electron chi connectivity index (χ3n) is 3.86. The molecule has 1 aliphatic rings. The van der Waals surface area contributed by atoms with E-state index in [1.165, 1.54) is 0 Å². The summed E-state index contributed by atoms with van der Waals surface area (Å²) in [6, 6.07) is 4.21. The van der Waals surface area contributed by atoms with Crippen molar-refractivity contribution < 1.29 is 4.42 Å². The second-order valence-corrected chi connectivity index (χ2v) is 5.73. The van der Waals surface area contributed by atoms with Crippen molar-refractivity contribution in [2.45, 2.75) is 45.7 Å². The SMILES string of the molecule is CCNC(=NCCc1ccco1)NC1CCc2nc(C)nn2C1. The van der Waals surface area contributed by atoms with Gasteiger partial charge in [0.25, 0.3) is 0 Å². The van der Waals surface area contributed by atoms with Gasteiger partial charge in [-0.25, -0.2) is 9.67 Å². The first-order valence-corrected chi connectivity index (χ1v) is 8.22. The predicted molar refractivity (Wildman–Crippen MR) is 88.4 cm³/mol. The Kier molecular flexibility index (Phi) is 4.95. The van der Waals surface area contributed by atoms with Crippen LogP contribution in [0.5, 0.6) is 0 Å². The number of hydrogen-bond donors (Lipinski definition) is 2. The number of aromatic nitrogens is 3. The van der Waals surface area contributed by atoms with Gasteiger partial charge in [0, 0.05) is 32.0 Å². The van der Waals surface area contributed by atoms with Crippen LogP contribution in [0.2, 0.25) is 0 Å². The first kappa shape index (κ1) is 15.6. The van der Waals surface area contributed by atoms with Gasteiger partial charge in [-0.15, -0.1) is 0 Å². The molecule has 7 nitrogen and oxygen atoms in total. The first-order chi connectivity index (χ1) is 11.2. The average Bonchev–Trinajstić information content (AvgIpc) is 3.15. The molecule has 3 rings (SSSR count). The summed E-state index contributed by atoms with van der Waals surface area (Å²) in [5, 5.41) is 11.3. The molecule has 0 amide bonds. The number of guanidine groups is 1. The zero-order valence-electron chi connectivity index (χ0n) is 13.7. The van der Waals surface area contributed by atoms with E-state index in [9.17, 15) is 0 Å². The Bertz CT molecular complexity index is 646. The number of aliphatic imine (C=N–C) groups is 1. The number of nitrogens with zero attached hydrogens (tertiary/aromatic N) is 4. The molecule has 0 fully saturated rings. The van der Waals surface area contributed by atoms with Gasteiger partial charge in [0.05, 0.1) is 12.8 Å². The molecule has 2 aromatic rings. The van der Waals surface area contributed by atoms with Crippen molar-refractivity contribution in [2.24, 2.45) is 4.99 Å². The number of aryl methyl sites for hydroxylation is 2. The molecule has 0 radical (unpaired) electrons. The normalized spacial score (nSPS) is 17.8. The molecule has 1 atom stereocenters. The number of rotatable bonds is 5. The van der Waals surface area contributed by atoms with Crippen molar-refractivity contribution in [3.05, 3.63) is 35.8 Å². The summed E-state index contributed by atoms with van der Waals surface area (Å²) in [5.74, 6) is 3.74. The average molecular weight is 316 g/mol. The topological polar surface area (TPSA) is 80.3 Å². The number of hydrogen-bond acceptors (Lipinski definition) is 4. The van der Waals surface area contributed by atoms with Crippen LogP contribution in [0.1, 0.15) is 30.8 Å². The second kappa shape index (κ2) is 7.30. The first-order valence-electron chi connectivity index (χ1n) is 8.22. The van der Waals surface area contributed by atoms with Crippen LogP contribution in [0.15, 0.2) is 27.8 Å². The lowest BCUT2D eigenvalue weighted by Gasteiger charge is -2.25. The van der Waals surface area contributed by atoms with E-state index >= 15 is 0 Å². The molecule has 2 N–H and O–H groups in total. The molecule has 0 bridgehead atoms. The van der Waals surface area contributed by atoms with Gasteiger partial charge < -0.3 is 15.1 Å². The van der Waals surface area contributed by atoms with Gasteiger partial charge in [-0.05, 0) is 32.4 Å². The summed E-state index contributed by atoms with van der Waals surface area (Å²) in [4.78, 5) is 9.08. The van der Waals surface area contributed by atoms with E-state index in [1.54, 1.807) is 6.26 Å². The summed E-state index contributed by atoms with van der Waals surface area (Å²) >= 11 is 0. The molecule has 2 aromatic heterocycles. The Balaban J connectivity index is 1.56. The predicted octanol–water partition coefficient (Wildman–Crippen LogP) is 1.29. The maximum absolute atomic E-state index is 5.34. The van der Waals surface area contributed by atoms with Gasteiger partial charge in [-0.1, -0.05) is 0 Å². The van der Waals surface area contributed by atoms with Gasteiger partial charge >= 0.3 is 0 Å². The van der Waals surface area contributed by atoms with Gasteiger partial charge in [0.1, 0.15) is 17.4 Å². The molecule has 0 spiro atoms. The highest BCUT2D eigenvalue weighted by Crippen LogP contribution is 2.12. The Labute approximate surface area is 136 Å². The van der Waals surface area contributed by atoms with Crippen LogP contribution in [0.3, 0.4) is 0 Å². The molecular formula is C16H24N6O. The van der Waals surface area contributed by atoms with Crippen molar-refractivity contribution in [1.29, 1.82) is 0 Å². The van der Waals surface area contributed by atoms with Crippen molar-refractivity contribution in [2.75, 3.05) is 13.1 Å². The zero-order chi connectivity index (χ0) is 16.1. The minimum atomic E-state index is 0.324. The number of nitrogens with one attached hydrogen (secondary N) is 2. The molecule has 7 heteroatoms. The van der Waals surface area contributed by atoms with E-state index in [-0.39, 0.29) is 0 Å². The van der Waals surface area contributed by atoms with E-state index in [0.29, 0.717) is 12.6 Å². The number of fused-ring (bicyclic) bond motifs is 1. The van der Waals surface area contributed by atoms with Crippen LogP contribution in [0.25, 0.3) is 0 Å². The van der Waals surface area contributed by atoms with E-state index in [4.69, 9.17) is 4.42 Å². The van der Waals surface area contributed by atoms with Gasteiger partial charge in [-0.3, -0.25) is 4.99 Å². The van der Waals surface area contributed by atoms with Crippen molar-refractivity contribution in [3.8, 4) is 0 Å². The Morgan fingerprint density at radius 3 is 3.22 bits per heavy atom. The summed E-state index contributed by atoms with van der Waals surface area (Å²) in [6.07, 6.45) is 4.49. The fourth-order valence-electron chi connectivity index (χ4n) is 2.80. The zero-order valence-corrected chi connectivity index (χ0v) is 13.7. The Morgan fingerprint density at radius 2 is 2.43 bits per heavy atom. The lowest BCUT2D eigenvalue weighted by atomic mass is 10.1. The smallest absolute Gasteiger partial charge is 0.191 e. The lowest BCUT2D eigenvalue weighted by molar-refractivity contribution is 0.392. The minimum absolute atomic E-state index is 0.324. The van der Waals surface area contributed by atoms with E-state index < -0.39 is 0 Å². The monoisotopic (exact) mass is 316 g/mol. The summed E-state index contributed by atoms with van der Waals surface area (Å²) in [6.45, 7) is 6.38. The molecule has 0 saturated carbocycles. The largest absolute Gasteiger partial charge is 0.469 e. The maximum atomic E-state index is 5.34. The van der Waals surface area contributed by atoms with E-state index in [0.717, 1.165) is 55.7 Å². The van der Waals surface area contributed by atoms with E-state index in [1.807, 2.05) is 23.7 Å². The van der Waals surface area contributed by atoms with Crippen LogP contribution in [-0.2, 0) is 19.4 Å². The molecular weight excluding hydrogens is 292 g/mol. The van der Waals surface area contributed by atoms with Crippen molar-refractivity contribution >= 4 is 5.96 Å². The number of furan rings is 1. The van der Waals surface area contributed by atoms with Gasteiger partial charge in [0.2, 0.25) is 0 Å². The summed E-state index contributed by atoms with van der Waals surface area (Å²) in [7, 11) is 0. The Hall–Kier alpha value is -2.31. The Morgan fingerprint density at radius 1 is 1.52 bits per heavy atom. The highest BCUT2D eigenvalue weighted by Gasteiger charge is 2.21. The third kappa shape index (κ3) is 4.12. The van der Waals surface area contributed by atoms with Crippen LogP contribution in [0, 0.1) is 6.92 Å².